The highest BCUT2D eigenvalue weighted by molar-refractivity contribution is 5.90. The number of carbonyl (C=O) groups excluding carboxylic acids is 1. The molecule has 0 atom stereocenters. The summed E-state index contributed by atoms with van der Waals surface area (Å²) in [4.78, 5) is 12.1. The number of ether oxygens (including phenoxy) is 2. The van der Waals surface area contributed by atoms with Crippen molar-refractivity contribution >= 4 is 11.7 Å². The molecule has 0 unspecified atom stereocenters. The van der Waals surface area contributed by atoms with Gasteiger partial charge in [0.1, 0.15) is 18.1 Å². The molecule has 2 rings (SSSR count). The summed E-state index contributed by atoms with van der Waals surface area (Å²) in [5, 5.41) is 5.71. The van der Waals surface area contributed by atoms with Crippen LogP contribution < -0.4 is 20.1 Å². The average Bonchev–Trinajstić information content (AvgIpc) is 2.59. The van der Waals surface area contributed by atoms with Crippen molar-refractivity contribution in [2.45, 2.75) is 26.2 Å². The number of benzene rings is 2. The van der Waals surface area contributed by atoms with Crippen LogP contribution in [-0.2, 0) is 5.41 Å². The minimum Gasteiger partial charge on any atom is -0.497 e. The number of carbonyl (C=O) groups is 1. The molecule has 5 nitrogen and oxygen atoms in total. The van der Waals surface area contributed by atoms with Crippen molar-refractivity contribution in [1.29, 1.82) is 0 Å². The zero-order valence-electron chi connectivity index (χ0n) is 15.3. The monoisotopic (exact) mass is 342 g/mol. The molecule has 0 spiro atoms. The SMILES string of the molecule is COc1ccc(OCCNC(=O)Nc2ccccc2C(C)(C)C)cc1. The summed E-state index contributed by atoms with van der Waals surface area (Å²) in [6, 6.07) is 14.9. The van der Waals surface area contributed by atoms with Gasteiger partial charge in [-0.3, -0.25) is 0 Å². The zero-order valence-corrected chi connectivity index (χ0v) is 15.3. The smallest absolute Gasteiger partial charge is 0.319 e. The molecule has 0 aliphatic heterocycles. The molecule has 2 aromatic rings. The first-order chi connectivity index (χ1) is 11.9. The second kappa shape index (κ2) is 8.42. The van der Waals surface area contributed by atoms with E-state index in [1.807, 2.05) is 48.5 Å². The van der Waals surface area contributed by atoms with E-state index in [1.165, 1.54) is 0 Å². The molecule has 0 aliphatic carbocycles. The number of nitrogens with one attached hydrogen (secondary N) is 2. The van der Waals surface area contributed by atoms with Crippen LogP contribution in [0.1, 0.15) is 26.3 Å². The largest absolute Gasteiger partial charge is 0.497 e. The Morgan fingerprint density at radius 2 is 1.64 bits per heavy atom. The zero-order chi connectivity index (χ0) is 18.3. The molecular formula is C20H26N2O3. The minimum atomic E-state index is -0.241. The van der Waals surface area contributed by atoms with Crippen LogP contribution in [0.4, 0.5) is 10.5 Å². The van der Waals surface area contributed by atoms with Crippen molar-refractivity contribution < 1.29 is 14.3 Å². The number of anilines is 1. The van der Waals surface area contributed by atoms with Gasteiger partial charge in [-0.1, -0.05) is 39.0 Å². The topological polar surface area (TPSA) is 59.6 Å². The quantitative estimate of drug-likeness (QED) is 0.774. The Kier molecular flexibility index (Phi) is 6.28. The normalized spacial score (nSPS) is 10.9. The van der Waals surface area contributed by atoms with E-state index < -0.39 is 0 Å². The highest BCUT2D eigenvalue weighted by Gasteiger charge is 2.18. The van der Waals surface area contributed by atoms with Gasteiger partial charge in [0.25, 0.3) is 0 Å². The van der Waals surface area contributed by atoms with Crippen LogP contribution in [-0.4, -0.2) is 26.3 Å². The summed E-state index contributed by atoms with van der Waals surface area (Å²) in [7, 11) is 1.62. The van der Waals surface area contributed by atoms with Gasteiger partial charge in [-0.2, -0.15) is 0 Å². The molecule has 0 saturated carbocycles. The van der Waals surface area contributed by atoms with Crippen LogP contribution in [0.25, 0.3) is 0 Å². The van der Waals surface area contributed by atoms with Gasteiger partial charge in [0.2, 0.25) is 0 Å². The molecule has 0 fully saturated rings. The van der Waals surface area contributed by atoms with Crippen molar-refractivity contribution in [3.05, 3.63) is 54.1 Å². The van der Waals surface area contributed by atoms with Gasteiger partial charge >= 0.3 is 6.03 Å². The third-order valence-corrected chi connectivity index (χ3v) is 3.70. The van der Waals surface area contributed by atoms with Gasteiger partial charge in [-0.25, -0.2) is 4.79 Å². The lowest BCUT2D eigenvalue weighted by Gasteiger charge is -2.23. The number of hydrogen-bond donors (Lipinski definition) is 2. The second-order valence-electron chi connectivity index (χ2n) is 6.70. The number of para-hydroxylation sites is 1. The Hall–Kier alpha value is -2.69. The molecule has 0 radical (unpaired) electrons. The summed E-state index contributed by atoms with van der Waals surface area (Å²) >= 11 is 0. The van der Waals surface area contributed by atoms with E-state index in [-0.39, 0.29) is 11.4 Å². The maximum absolute atomic E-state index is 12.1. The third kappa shape index (κ3) is 5.71. The van der Waals surface area contributed by atoms with Crippen molar-refractivity contribution in [3.8, 4) is 11.5 Å². The van der Waals surface area contributed by atoms with Crippen LogP contribution in [0.2, 0.25) is 0 Å². The Morgan fingerprint density at radius 1 is 1.00 bits per heavy atom. The lowest BCUT2D eigenvalue weighted by atomic mass is 9.86. The summed E-state index contributed by atoms with van der Waals surface area (Å²) in [6.45, 7) is 7.16. The molecular weight excluding hydrogens is 316 g/mol. The number of methoxy groups -OCH3 is 1. The summed E-state index contributed by atoms with van der Waals surface area (Å²) in [5.74, 6) is 1.52. The van der Waals surface area contributed by atoms with Crippen LogP contribution in [0, 0.1) is 0 Å². The fourth-order valence-corrected chi connectivity index (χ4v) is 2.42. The van der Waals surface area contributed by atoms with Gasteiger partial charge in [0, 0.05) is 5.69 Å². The van der Waals surface area contributed by atoms with E-state index in [2.05, 4.69) is 31.4 Å². The maximum atomic E-state index is 12.1. The van der Waals surface area contributed by atoms with Crippen molar-refractivity contribution in [2.24, 2.45) is 0 Å². The van der Waals surface area contributed by atoms with E-state index >= 15 is 0 Å². The van der Waals surface area contributed by atoms with Gasteiger partial charge in [0.05, 0.1) is 13.7 Å². The summed E-state index contributed by atoms with van der Waals surface area (Å²) < 4.78 is 10.7. The van der Waals surface area contributed by atoms with Crippen molar-refractivity contribution in [1.82, 2.24) is 5.32 Å². The van der Waals surface area contributed by atoms with Crippen LogP contribution >= 0.6 is 0 Å². The molecule has 0 aliphatic rings. The number of rotatable bonds is 6. The Balaban J connectivity index is 1.79. The Bertz CT molecular complexity index is 691. The lowest BCUT2D eigenvalue weighted by molar-refractivity contribution is 0.247. The van der Waals surface area contributed by atoms with Gasteiger partial charge < -0.3 is 20.1 Å². The minimum absolute atomic E-state index is 0.0403. The Morgan fingerprint density at radius 3 is 2.28 bits per heavy atom. The maximum Gasteiger partial charge on any atom is 0.319 e. The molecule has 0 heterocycles. The first kappa shape index (κ1) is 18.6. The van der Waals surface area contributed by atoms with Crippen LogP contribution in [0.15, 0.2) is 48.5 Å². The van der Waals surface area contributed by atoms with E-state index in [4.69, 9.17) is 9.47 Å². The first-order valence-corrected chi connectivity index (χ1v) is 8.31. The molecule has 2 N–H and O–H groups in total. The van der Waals surface area contributed by atoms with E-state index in [9.17, 15) is 4.79 Å². The molecule has 2 amide bonds. The Labute approximate surface area is 149 Å². The molecule has 25 heavy (non-hydrogen) atoms. The third-order valence-electron chi connectivity index (χ3n) is 3.70. The molecule has 0 bridgehead atoms. The second-order valence-corrected chi connectivity index (χ2v) is 6.70. The van der Waals surface area contributed by atoms with E-state index in [1.54, 1.807) is 7.11 Å². The van der Waals surface area contributed by atoms with Crippen LogP contribution in [0.3, 0.4) is 0 Å². The average molecular weight is 342 g/mol. The fraction of sp³-hybridized carbons (Fsp3) is 0.350. The lowest BCUT2D eigenvalue weighted by Crippen LogP contribution is -2.33. The first-order valence-electron chi connectivity index (χ1n) is 8.31. The van der Waals surface area contributed by atoms with Crippen LogP contribution in [0.5, 0.6) is 11.5 Å². The summed E-state index contributed by atoms with van der Waals surface area (Å²) in [6.07, 6.45) is 0. The van der Waals surface area contributed by atoms with Crippen molar-refractivity contribution in [2.75, 3.05) is 25.6 Å². The standard InChI is InChI=1S/C20H26N2O3/c1-20(2,3)17-7-5-6-8-18(17)22-19(23)21-13-14-25-16-11-9-15(24-4)10-12-16/h5-12H,13-14H2,1-4H3,(H2,21,22,23). The highest BCUT2D eigenvalue weighted by atomic mass is 16.5. The summed E-state index contributed by atoms with van der Waals surface area (Å²) in [5.41, 5.74) is 1.88. The predicted octanol–water partition coefficient (Wildman–Crippen LogP) is 4.19. The number of amides is 2. The molecule has 0 saturated heterocycles. The molecule has 5 heteroatoms. The highest BCUT2D eigenvalue weighted by Crippen LogP contribution is 2.29. The molecule has 134 valence electrons. The fourth-order valence-electron chi connectivity index (χ4n) is 2.42. The van der Waals surface area contributed by atoms with Crippen molar-refractivity contribution in [3.63, 3.8) is 0 Å². The van der Waals surface area contributed by atoms with Gasteiger partial charge in [-0.05, 0) is 41.3 Å². The van der Waals surface area contributed by atoms with E-state index in [0.717, 1.165) is 22.7 Å². The van der Waals surface area contributed by atoms with Gasteiger partial charge in [-0.15, -0.1) is 0 Å². The number of urea groups is 1. The molecule has 0 aromatic heterocycles. The van der Waals surface area contributed by atoms with Gasteiger partial charge in [0.15, 0.2) is 0 Å². The predicted molar refractivity (Wildman–Crippen MR) is 101 cm³/mol. The number of hydrogen-bond acceptors (Lipinski definition) is 3. The van der Waals surface area contributed by atoms with E-state index in [0.29, 0.717) is 13.2 Å². The molecule has 2 aromatic carbocycles.